The first kappa shape index (κ1) is 11.1. The quantitative estimate of drug-likeness (QED) is 0.846. The molecule has 0 bridgehead atoms. The molecule has 0 aliphatic carbocycles. The Labute approximate surface area is 104 Å². The van der Waals surface area contributed by atoms with E-state index in [2.05, 4.69) is 0 Å². The highest BCUT2D eigenvalue weighted by molar-refractivity contribution is 7.81. The van der Waals surface area contributed by atoms with Crippen LogP contribution >= 0.6 is 23.6 Å². The molecule has 0 atom stereocenters. The standard InChI is InChI=1S/C12H11NOS2/c13-12(15)11-9(6-7-16-11)8-14-10-4-2-1-3-5-10/h1-7H,8H2,(H2,13,15). The molecule has 2 N–H and O–H groups in total. The zero-order valence-electron chi connectivity index (χ0n) is 8.55. The van der Waals surface area contributed by atoms with Crippen LogP contribution in [-0.2, 0) is 6.61 Å². The lowest BCUT2D eigenvalue weighted by molar-refractivity contribution is 0.306. The Morgan fingerprint density at radius 1 is 1.25 bits per heavy atom. The van der Waals surface area contributed by atoms with E-state index in [1.54, 1.807) is 11.3 Å². The van der Waals surface area contributed by atoms with Crippen molar-refractivity contribution >= 4 is 28.5 Å². The first-order valence-corrected chi connectivity index (χ1v) is 6.10. The van der Waals surface area contributed by atoms with Crippen molar-refractivity contribution < 1.29 is 4.74 Å². The molecule has 4 heteroatoms. The minimum absolute atomic E-state index is 0.432. The van der Waals surface area contributed by atoms with Crippen LogP contribution in [0.1, 0.15) is 10.4 Å². The van der Waals surface area contributed by atoms with Crippen LogP contribution in [0.3, 0.4) is 0 Å². The third-order valence-corrected chi connectivity index (χ3v) is 3.43. The molecule has 0 radical (unpaired) electrons. The van der Waals surface area contributed by atoms with Gasteiger partial charge in [0, 0.05) is 5.56 Å². The Hall–Kier alpha value is -1.39. The molecule has 0 aliphatic heterocycles. The smallest absolute Gasteiger partial charge is 0.119 e. The molecule has 0 saturated heterocycles. The van der Waals surface area contributed by atoms with Crippen LogP contribution in [0.5, 0.6) is 5.75 Å². The number of benzene rings is 1. The summed E-state index contributed by atoms with van der Waals surface area (Å²) in [6.45, 7) is 0.500. The highest BCUT2D eigenvalue weighted by Crippen LogP contribution is 2.19. The molecule has 2 nitrogen and oxygen atoms in total. The van der Waals surface area contributed by atoms with Gasteiger partial charge in [-0.2, -0.15) is 0 Å². The molecule has 82 valence electrons. The monoisotopic (exact) mass is 249 g/mol. The summed E-state index contributed by atoms with van der Waals surface area (Å²) in [6, 6.07) is 11.7. The second-order valence-electron chi connectivity index (χ2n) is 3.24. The van der Waals surface area contributed by atoms with Gasteiger partial charge in [-0.25, -0.2) is 0 Å². The Morgan fingerprint density at radius 2 is 2.00 bits per heavy atom. The summed E-state index contributed by atoms with van der Waals surface area (Å²) >= 11 is 6.51. The van der Waals surface area contributed by atoms with Crippen LogP contribution in [0, 0.1) is 0 Å². The van der Waals surface area contributed by atoms with E-state index in [-0.39, 0.29) is 0 Å². The predicted octanol–water partition coefficient (Wildman–Crippen LogP) is 2.96. The molecule has 0 spiro atoms. The molecule has 1 heterocycles. The van der Waals surface area contributed by atoms with Crippen molar-refractivity contribution in [3.05, 3.63) is 52.2 Å². The average Bonchev–Trinajstić information content (AvgIpc) is 2.76. The molecule has 1 aromatic heterocycles. The first-order chi connectivity index (χ1) is 7.77. The Morgan fingerprint density at radius 3 is 2.69 bits per heavy atom. The number of thiocarbonyl (C=S) groups is 1. The second kappa shape index (κ2) is 5.09. The molecule has 2 rings (SSSR count). The molecular formula is C12H11NOS2. The maximum atomic E-state index is 5.63. The number of para-hydroxylation sites is 1. The lowest BCUT2D eigenvalue weighted by atomic mass is 10.2. The molecule has 1 aromatic carbocycles. The van der Waals surface area contributed by atoms with E-state index in [1.165, 1.54) is 0 Å². The number of hydrogen-bond donors (Lipinski definition) is 1. The van der Waals surface area contributed by atoms with E-state index in [1.807, 2.05) is 41.8 Å². The van der Waals surface area contributed by atoms with E-state index in [9.17, 15) is 0 Å². The van der Waals surface area contributed by atoms with Crippen molar-refractivity contribution in [2.45, 2.75) is 6.61 Å². The van der Waals surface area contributed by atoms with Crippen molar-refractivity contribution in [3.63, 3.8) is 0 Å². The summed E-state index contributed by atoms with van der Waals surface area (Å²) in [7, 11) is 0. The second-order valence-corrected chi connectivity index (χ2v) is 4.60. The van der Waals surface area contributed by atoms with Crippen LogP contribution in [0.2, 0.25) is 0 Å². The van der Waals surface area contributed by atoms with E-state index in [0.717, 1.165) is 16.2 Å². The van der Waals surface area contributed by atoms with Crippen LogP contribution in [0.15, 0.2) is 41.8 Å². The van der Waals surface area contributed by atoms with Gasteiger partial charge in [-0.3, -0.25) is 0 Å². The molecule has 2 aromatic rings. The summed E-state index contributed by atoms with van der Waals surface area (Å²) in [6.07, 6.45) is 0. The summed E-state index contributed by atoms with van der Waals surface area (Å²) in [5.74, 6) is 0.850. The summed E-state index contributed by atoms with van der Waals surface area (Å²) in [5, 5.41) is 1.97. The van der Waals surface area contributed by atoms with E-state index >= 15 is 0 Å². The van der Waals surface area contributed by atoms with Crippen LogP contribution < -0.4 is 10.5 Å². The highest BCUT2D eigenvalue weighted by atomic mass is 32.1. The number of thiophene rings is 1. The zero-order valence-corrected chi connectivity index (χ0v) is 10.2. The normalized spacial score (nSPS) is 10.0. The van der Waals surface area contributed by atoms with Gasteiger partial charge in [0.25, 0.3) is 0 Å². The van der Waals surface area contributed by atoms with Gasteiger partial charge in [0.05, 0.1) is 4.88 Å². The van der Waals surface area contributed by atoms with Gasteiger partial charge < -0.3 is 10.5 Å². The van der Waals surface area contributed by atoms with E-state index in [0.29, 0.717) is 11.6 Å². The topological polar surface area (TPSA) is 35.2 Å². The summed E-state index contributed by atoms with van der Waals surface area (Å²) in [4.78, 5) is 1.37. The molecule has 0 aliphatic rings. The van der Waals surface area contributed by atoms with E-state index in [4.69, 9.17) is 22.7 Å². The maximum Gasteiger partial charge on any atom is 0.119 e. The van der Waals surface area contributed by atoms with Gasteiger partial charge in [0.2, 0.25) is 0 Å². The fourth-order valence-electron chi connectivity index (χ4n) is 1.34. The largest absolute Gasteiger partial charge is 0.489 e. The third-order valence-electron chi connectivity index (χ3n) is 2.11. The summed E-state index contributed by atoms with van der Waals surface area (Å²) in [5.41, 5.74) is 6.66. The molecular weight excluding hydrogens is 238 g/mol. The SMILES string of the molecule is NC(=S)c1sccc1COc1ccccc1. The van der Waals surface area contributed by atoms with Crippen molar-refractivity contribution in [2.24, 2.45) is 5.73 Å². The van der Waals surface area contributed by atoms with Gasteiger partial charge in [0.1, 0.15) is 17.3 Å². The third kappa shape index (κ3) is 2.59. The Balaban J connectivity index is 2.05. The van der Waals surface area contributed by atoms with Gasteiger partial charge in [-0.05, 0) is 23.6 Å². The zero-order chi connectivity index (χ0) is 11.4. The number of hydrogen-bond acceptors (Lipinski definition) is 3. The minimum Gasteiger partial charge on any atom is -0.489 e. The van der Waals surface area contributed by atoms with Gasteiger partial charge in [-0.15, -0.1) is 11.3 Å². The first-order valence-electron chi connectivity index (χ1n) is 4.81. The molecule has 0 saturated carbocycles. The van der Waals surface area contributed by atoms with Crippen molar-refractivity contribution in [2.75, 3.05) is 0 Å². The van der Waals surface area contributed by atoms with Crippen molar-refractivity contribution in [1.82, 2.24) is 0 Å². The molecule has 0 amide bonds. The minimum atomic E-state index is 0.432. The van der Waals surface area contributed by atoms with Crippen LogP contribution in [-0.4, -0.2) is 4.99 Å². The Kier molecular flexibility index (Phi) is 3.54. The Bertz CT molecular complexity index is 479. The number of nitrogens with two attached hydrogens (primary N) is 1. The summed E-state index contributed by atoms with van der Waals surface area (Å²) < 4.78 is 5.63. The fraction of sp³-hybridized carbons (Fsp3) is 0.0833. The van der Waals surface area contributed by atoms with Gasteiger partial charge in [0.15, 0.2) is 0 Å². The van der Waals surface area contributed by atoms with Crippen molar-refractivity contribution in [1.29, 1.82) is 0 Å². The van der Waals surface area contributed by atoms with Crippen molar-refractivity contribution in [3.8, 4) is 5.75 Å². The van der Waals surface area contributed by atoms with Gasteiger partial charge >= 0.3 is 0 Å². The average molecular weight is 249 g/mol. The van der Waals surface area contributed by atoms with Crippen LogP contribution in [0.25, 0.3) is 0 Å². The lowest BCUT2D eigenvalue weighted by Gasteiger charge is -2.06. The number of rotatable bonds is 4. The lowest BCUT2D eigenvalue weighted by Crippen LogP contribution is -2.10. The maximum absolute atomic E-state index is 5.63. The molecule has 0 unspecified atom stereocenters. The predicted molar refractivity (Wildman–Crippen MR) is 71.0 cm³/mol. The fourth-order valence-corrected chi connectivity index (χ4v) is 2.38. The molecule has 0 fully saturated rings. The highest BCUT2D eigenvalue weighted by Gasteiger charge is 2.07. The molecule has 16 heavy (non-hydrogen) atoms. The number of ether oxygens (including phenoxy) is 1. The van der Waals surface area contributed by atoms with Crippen LogP contribution in [0.4, 0.5) is 0 Å². The van der Waals surface area contributed by atoms with Gasteiger partial charge in [-0.1, -0.05) is 30.4 Å². The van der Waals surface area contributed by atoms with E-state index < -0.39 is 0 Å².